The topological polar surface area (TPSA) is 53.3 Å². The third-order valence-electron chi connectivity index (χ3n) is 5.06. The number of allylic oxidation sites excluding steroid dienone is 1. The summed E-state index contributed by atoms with van der Waals surface area (Å²) in [6, 6.07) is 5.63. The molecule has 130 valence electrons. The van der Waals surface area contributed by atoms with Crippen molar-refractivity contribution in [3.05, 3.63) is 45.7 Å². The van der Waals surface area contributed by atoms with Crippen LogP contribution in [0.4, 0.5) is 0 Å². The van der Waals surface area contributed by atoms with Gasteiger partial charge in [-0.05, 0) is 44.2 Å². The molecule has 1 aromatic rings. The Balaban J connectivity index is 1.82. The second kappa shape index (κ2) is 7.71. The first-order valence-corrected chi connectivity index (χ1v) is 9.33. The van der Waals surface area contributed by atoms with Gasteiger partial charge < -0.3 is 9.84 Å². The van der Waals surface area contributed by atoms with Gasteiger partial charge in [0.1, 0.15) is 5.76 Å². The van der Waals surface area contributed by atoms with Crippen LogP contribution in [0.5, 0.6) is 0 Å². The average molecular weight is 348 g/mol. The Hall–Kier alpha value is -1.32. The summed E-state index contributed by atoms with van der Waals surface area (Å²) in [4.78, 5) is 0. The Labute approximate surface area is 149 Å². The Morgan fingerprint density at radius 1 is 1.21 bits per heavy atom. The van der Waals surface area contributed by atoms with Gasteiger partial charge in [-0.15, -0.1) is 0 Å². The number of hydrogen-bond acceptors (Lipinski definition) is 3. The van der Waals surface area contributed by atoms with Crippen molar-refractivity contribution in [3.63, 3.8) is 0 Å². The number of ether oxygens (including phenoxy) is 1. The molecule has 0 amide bonds. The summed E-state index contributed by atoms with van der Waals surface area (Å²) in [6.07, 6.45) is 8.09. The highest BCUT2D eigenvalue weighted by molar-refractivity contribution is 6.35. The maximum atomic E-state index is 10.6. The minimum absolute atomic E-state index is 0.193. The van der Waals surface area contributed by atoms with Crippen LogP contribution in [0, 0.1) is 18.3 Å². The van der Waals surface area contributed by atoms with E-state index in [2.05, 4.69) is 0 Å². The molecule has 0 spiro atoms. The van der Waals surface area contributed by atoms with Crippen molar-refractivity contribution in [1.82, 2.24) is 0 Å². The molecule has 2 aliphatic rings. The zero-order valence-electron chi connectivity index (χ0n) is 14.3. The SMILES string of the molecule is Cc1cccc(Cl)c1C(=N)/C(COC1CCCCC1)=C(\O)C1CC1. The van der Waals surface area contributed by atoms with Gasteiger partial charge in [0.15, 0.2) is 0 Å². The summed E-state index contributed by atoms with van der Waals surface area (Å²) in [7, 11) is 0. The molecule has 0 heterocycles. The zero-order chi connectivity index (χ0) is 17.1. The number of hydrogen-bond donors (Lipinski definition) is 2. The molecule has 3 rings (SSSR count). The molecule has 0 saturated heterocycles. The van der Waals surface area contributed by atoms with E-state index >= 15 is 0 Å². The van der Waals surface area contributed by atoms with E-state index in [-0.39, 0.29) is 12.0 Å². The predicted octanol–water partition coefficient (Wildman–Crippen LogP) is 5.59. The summed E-state index contributed by atoms with van der Waals surface area (Å²) in [5.74, 6) is 0.522. The molecule has 0 radical (unpaired) electrons. The van der Waals surface area contributed by atoms with Gasteiger partial charge in [-0.25, -0.2) is 0 Å². The third-order valence-corrected chi connectivity index (χ3v) is 5.38. The van der Waals surface area contributed by atoms with Gasteiger partial charge >= 0.3 is 0 Å². The maximum absolute atomic E-state index is 10.6. The fourth-order valence-corrected chi connectivity index (χ4v) is 3.73. The van der Waals surface area contributed by atoms with Crippen molar-refractivity contribution in [2.24, 2.45) is 5.92 Å². The van der Waals surface area contributed by atoms with Crippen LogP contribution < -0.4 is 0 Å². The molecule has 2 fully saturated rings. The number of rotatable bonds is 6. The molecule has 0 aliphatic heterocycles. The number of nitrogens with one attached hydrogen (secondary N) is 1. The van der Waals surface area contributed by atoms with Crippen LogP contribution in [0.15, 0.2) is 29.5 Å². The predicted molar refractivity (Wildman–Crippen MR) is 98.2 cm³/mol. The highest BCUT2D eigenvalue weighted by Gasteiger charge is 2.31. The van der Waals surface area contributed by atoms with Gasteiger partial charge in [0.05, 0.1) is 23.4 Å². The van der Waals surface area contributed by atoms with Gasteiger partial charge in [-0.2, -0.15) is 0 Å². The molecule has 24 heavy (non-hydrogen) atoms. The molecule has 0 aromatic heterocycles. The minimum atomic E-state index is 0.193. The summed E-state index contributed by atoms with van der Waals surface area (Å²) >= 11 is 6.33. The third kappa shape index (κ3) is 4.01. The smallest absolute Gasteiger partial charge is 0.103 e. The minimum Gasteiger partial charge on any atom is -0.512 e. The van der Waals surface area contributed by atoms with Crippen molar-refractivity contribution in [1.29, 1.82) is 5.41 Å². The monoisotopic (exact) mass is 347 g/mol. The lowest BCUT2D eigenvalue weighted by Gasteiger charge is -2.23. The Bertz CT molecular complexity index is 623. The van der Waals surface area contributed by atoms with Gasteiger partial charge in [0.25, 0.3) is 0 Å². The van der Waals surface area contributed by atoms with Gasteiger partial charge in [-0.1, -0.05) is 43.0 Å². The van der Waals surface area contributed by atoms with Crippen molar-refractivity contribution in [3.8, 4) is 0 Å². The van der Waals surface area contributed by atoms with E-state index in [1.807, 2.05) is 19.1 Å². The van der Waals surface area contributed by atoms with Crippen LogP contribution in [-0.2, 0) is 4.74 Å². The maximum Gasteiger partial charge on any atom is 0.103 e. The Morgan fingerprint density at radius 2 is 1.92 bits per heavy atom. The molecule has 4 heteroatoms. The van der Waals surface area contributed by atoms with Crippen molar-refractivity contribution in [2.45, 2.75) is 58.0 Å². The highest BCUT2D eigenvalue weighted by Crippen LogP contribution is 2.38. The number of halogens is 1. The van der Waals surface area contributed by atoms with E-state index in [1.54, 1.807) is 6.07 Å². The van der Waals surface area contributed by atoms with Gasteiger partial charge in [-0.3, -0.25) is 5.41 Å². The normalized spacial score (nSPS) is 19.9. The van der Waals surface area contributed by atoms with Crippen LogP contribution >= 0.6 is 11.6 Å². The molecule has 3 nitrogen and oxygen atoms in total. The first-order valence-electron chi connectivity index (χ1n) is 8.96. The second-order valence-corrected chi connectivity index (χ2v) is 7.42. The number of aliphatic hydroxyl groups excluding tert-OH is 1. The fourth-order valence-electron chi connectivity index (χ4n) is 3.41. The molecule has 0 bridgehead atoms. The first kappa shape index (κ1) is 17.5. The van der Waals surface area contributed by atoms with Gasteiger partial charge in [0.2, 0.25) is 0 Å². The van der Waals surface area contributed by atoms with E-state index in [4.69, 9.17) is 21.7 Å². The van der Waals surface area contributed by atoms with E-state index in [0.29, 0.717) is 34.2 Å². The fraction of sp³-hybridized carbons (Fsp3) is 0.550. The lowest BCUT2D eigenvalue weighted by molar-refractivity contribution is 0.0431. The quantitative estimate of drug-likeness (QED) is 0.520. The lowest BCUT2D eigenvalue weighted by Crippen LogP contribution is -2.22. The molecule has 0 atom stereocenters. The Morgan fingerprint density at radius 3 is 2.54 bits per heavy atom. The number of aliphatic hydroxyl groups is 1. The first-order chi connectivity index (χ1) is 11.6. The van der Waals surface area contributed by atoms with Crippen LogP contribution in [0.2, 0.25) is 5.02 Å². The van der Waals surface area contributed by atoms with Gasteiger partial charge in [0, 0.05) is 17.1 Å². The zero-order valence-corrected chi connectivity index (χ0v) is 15.0. The lowest BCUT2D eigenvalue weighted by atomic mass is 9.95. The second-order valence-electron chi connectivity index (χ2n) is 7.02. The van der Waals surface area contributed by atoms with Crippen LogP contribution in [-0.4, -0.2) is 23.5 Å². The van der Waals surface area contributed by atoms with Crippen LogP contribution in [0.3, 0.4) is 0 Å². The number of aryl methyl sites for hydroxylation is 1. The molecule has 0 unspecified atom stereocenters. The van der Waals surface area contributed by atoms with E-state index in [1.165, 1.54) is 19.3 Å². The van der Waals surface area contributed by atoms with Crippen molar-refractivity contribution in [2.75, 3.05) is 6.61 Å². The molecule has 2 saturated carbocycles. The molecule has 2 aliphatic carbocycles. The van der Waals surface area contributed by atoms with Crippen LogP contribution in [0.1, 0.15) is 56.1 Å². The molecular weight excluding hydrogens is 322 g/mol. The molecular formula is C20H26ClNO2. The highest BCUT2D eigenvalue weighted by atomic mass is 35.5. The van der Waals surface area contributed by atoms with Crippen molar-refractivity contribution >= 4 is 17.3 Å². The largest absolute Gasteiger partial charge is 0.512 e. The molecule has 2 N–H and O–H groups in total. The van der Waals surface area contributed by atoms with E-state index in [9.17, 15) is 5.11 Å². The summed E-state index contributed by atoms with van der Waals surface area (Å²) in [5, 5.41) is 19.8. The van der Waals surface area contributed by atoms with Crippen molar-refractivity contribution < 1.29 is 9.84 Å². The molecule has 1 aromatic carbocycles. The summed E-state index contributed by atoms with van der Waals surface area (Å²) in [6.45, 7) is 2.25. The Kier molecular flexibility index (Phi) is 5.62. The van der Waals surface area contributed by atoms with Crippen LogP contribution in [0.25, 0.3) is 0 Å². The summed E-state index contributed by atoms with van der Waals surface area (Å²) < 4.78 is 6.06. The average Bonchev–Trinajstić information content (AvgIpc) is 3.40. The summed E-state index contributed by atoms with van der Waals surface area (Å²) in [5.41, 5.74) is 2.57. The van der Waals surface area contributed by atoms with E-state index in [0.717, 1.165) is 31.2 Å². The van der Waals surface area contributed by atoms with E-state index < -0.39 is 0 Å². The number of benzene rings is 1. The standard InChI is InChI=1S/C20H26ClNO2/c1-13-6-5-9-17(21)18(13)19(22)16(20(23)14-10-11-14)12-24-15-7-3-2-4-8-15/h5-6,9,14-15,22-23H,2-4,7-8,10-12H2,1H3/b20-16-,22-19?.